The number of anilines is 2. The normalized spacial score (nSPS) is 11.2. The van der Waals surface area contributed by atoms with Gasteiger partial charge in [-0.1, -0.05) is 0 Å². The average Bonchev–Trinajstić information content (AvgIpc) is 2.40. The third-order valence-electron chi connectivity index (χ3n) is 2.59. The number of nitrogen functional groups attached to an aromatic ring is 1. The quantitative estimate of drug-likeness (QED) is 0.803. The second-order valence-corrected chi connectivity index (χ2v) is 4.94. The van der Waals surface area contributed by atoms with Gasteiger partial charge in [0, 0.05) is 22.0 Å². The van der Waals surface area contributed by atoms with Crippen molar-refractivity contribution in [2.24, 2.45) is 0 Å². The standard InChI is InChI=1S/C13H9BrF3N3O/c14-9-2-1-5-19-11(9)12(21)20-7-3-4-10(18)8(6-7)13(15,16)17/h1-6H,18H2,(H,20,21). The molecule has 0 aliphatic carbocycles. The number of pyridine rings is 1. The minimum absolute atomic E-state index is 0.0147. The highest BCUT2D eigenvalue weighted by Gasteiger charge is 2.33. The van der Waals surface area contributed by atoms with Gasteiger partial charge >= 0.3 is 6.18 Å². The van der Waals surface area contributed by atoms with Crippen LogP contribution in [0.4, 0.5) is 24.5 Å². The molecule has 8 heteroatoms. The van der Waals surface area contributed by atoms with E-state index in [1.54, 1.807) is 12.1 Å². The third-order valence-corrected chi connectivity index (χ3v) is 3.23. The Balaban J connectivity index is 2.29. The van der Waals surface area contributed by atoms with Gasteiger partial charge in [-0.3, -0.25) is 4.79 Å². The summed E-state index contributed by atoms with van der Waals surface area (Å²) in [5.41, 5.74) is 3.94. The summed E-state index contributed by atoms with van der Waals surface area (Å²) >= 11 is 3.14. The molecule has 3 N–H and O–H groups in total. The Labute approximate surface area is 126 Å². The van der Waals surface area contributed by atoms with Crippen molar-refractivity contribution in [1.29, 1.82) is 0 Å². The van der Waals surface area contributed by atoms with Crippen LogP contribution in [0, 0.1) is 0 Å². The van der Waals surface area contributed by atoms with Crippen LogP contribution in [0.5, 0.6) is 0 Å². The van der Waals surface area contributed by atoms with E-state index in [2.05, 4.69) is 26.2 Å². The van der Waals surface area contributed by atoms with Crippen LogP contribution >= 0.6 is 15.9 Å². The van der Waals surface area contributed by atoms with Gasteiger partial charge in [-0.2, -0.15) is 13.2 Å². The summed E-state index contributed by atoms with van der Waals surface area (Å²) in [5.74, 6) is -0.625. The summed E-state index contributed by atoms with van der Waals surface area (Å²) in [6.45, 7) is 0. The number of nitrogens with zero attached hydrogens (tertiary/aromatic N) is 1. The van der Waals surface area contributed by atoms with Crippen molar-refractivity contribution in [2.75, 3.05) is 11.1 Å². The molecule has 1 aromatic heterocycles. The Hall–Kier alpha value is -2.09. The zero-order valence-electron chi connectivity index (χ0n) is 10.4. The van der Waals surface area contributed by atoms with E-state index in [9.17, 15) is 18.0 Å². The predicted molar refractivity (Wildman–Crippen MR) is 75.7 cm³/mol. The van der Waals surface area contributed by atoms with Crippen molar-refractivity contribution in [1.82, 2.24) is 4.98 Å². The maximum Gasteiger partial charge on any atom is 0.418 e. The number of benzene rings is 1. The lowest BCUT2D eigenvalue weighted by Gasteiger charge is -2.12. The van der Waals surface area contributed by atoms with Crippen LogP contribution < -0.4 is 11.1 Å². The predicted octanol–water partition coefficient (Wildman–Crippen LogP) is 3.70. The minimum atomic E-state index is -4.59. The SMILES string of the molecule is Nc1ccc(NC(=O)c2ncccc2Br)cc1C(F)(F)F. The molecule has 0 aliphatic heterocycles. The largest absolute Gasteiger partial charge is 0.418 e. The van der Waals surface area contributed by atoms with Gasteiger partial charge in [0.25, 0.3) is 5.91 Å². The molecular formula is C13H9BrF3N3O. The summed E-state index contributed by atoms with van der Waals surface area (Å²) in [7, 11) is 0. The molecular weight excluding hydrogens is 351 g/mol. The van der Waals surface area contributed by atoms with Gasteiger partial charge < -0.3 is 11.1 Å². The topological polar surface area (TPSA) is 68.0 Å². The summed E-state index contributed by atoms with van der Waals surface area (Å²) in [4.78, 5) is 15.8. The van der Waals surface area contributed by atoms with Crippen molar-refractivity contribution >= 4 is 33.2 Å². The minimum Gasteiger partial charge on any atom is -0.398 e. The Morgan fingerprint density at radius 2 is 2.00 bits per heavy atom. The molecule has 0 fully saturated rings. The first-order valence-electron chi connectivity index (χ1n) is 5.67. The summed E-state index contributed by atoms with van der Waals surface area (Å²) in [6.07, 6.45) is -3.18. The molecule has 1 heterocycles. The fourth-order valence-corrected chi connectivity index (χ4v) is 2.06. The molecule has 0 spiro atoms. The Morgan fingerprint density at radius 1 is 1.29 bits per heavy atom. The fourth-order valence-electron chi connectivity index (χ4n) is 1.62. The van der Waals surface area contributed by atoms with Crippen molar-refractivity contribution < 1.29 is 18.0 Å². The van der Waals surface area contributed by atoms with Crippen LogP contribution in [0.15, 0.2) is 41.0 Å². The van der Waals surface area contributed by atoms with Gasteiger partial charge in [0.2, 0.25) is 0 Å². The molecule has 0 saturated heterocycles. The first kappa shape index (κ1) is 15.3. The monoisotopic (exact) mass is 359 g/mol. The van der Waals surface area contributed by atoms with Crippen LogP contribution in [-0.4, -0.2) is 10.9 Å². The van der Waals surface area contributed by atoms with Gasteiger partial charge in [0.05, 0.1) is 5.56 Å². The van der Waals surface area contributed by atoms with E-state index in [4.69, 9.17) is 5.73 Å². The van der Waals surface area contributed by atoms with Crippen LogP contribution in [0.2, 0.25) is 0 Å². The third kappa shape index (κ3) is 3.52. The van der Waals surface area contributed by atoms with E-state index in [1.165, 1.54) is 12.3 Å². The molecule has 2 rings (SSSR count). The van der Waals surface area contributed by atoms with Crippen molar-refractivity contribution in [3.05, 3.63) is 52.3 Å². The number of halogens is 4. The van der Waals surface area contributed by atoms with Crippen molar-refractivity contribution in [2.45, 2.75) is 6.18 Å². The molecule has 0 aliphatic rings. The molecule has 110 valence electrons. The number of carbonyl (C=O) groups excluding carboxylic acids is 1. The Bertz CT molecular complexity index is 689. The van der Waals surface area contributed by atoms with Crippen molar-refractivity contribution in [3.63, 3.8) is 0 Å². The van der Waals surface area contributed by atoms with E-state index >= 15 is 0 Å². The Morgan fingerprint density at radius 3 is 2.62 bits per heavy atom. The zero-order chi connectivity index (χ0) is 15.6. The smallest absolute Gasteiger partial charge is 0.398 e. The number of nitrogens with one attached hydrogen (secondary N) is 1. The van der Waals surface area contributed by atoms with E-state index in [-0.39, 0.29) is 11.4 Å². The highest BCUT2D eigenvalue weighted by atomic mass is 79.9. The number of hydrogen-bond donors (Lipinski definition) is 2. The molecule has 0 unspecified atom stereocenters. The number of nitrogens with two attached hydrogens (primary N) is 1. The molecule has 21 heavy (non-hydrogen) atoms. The second-order valence-electron chi connectivity index (χ2n) is 4.09. The fraction of sp³-hybridized carbons (Fsp3) is 0.0769. The lowest BCUT2D eigenvalue weighted by molar-refractivity contribution is -0.136. The molecule has 1 amide bonds. The van der Waals surface area contributed by atoms with Crippen LogP contribution in [-0.2, 0) is 6.18 Å². The number of amides is 1. The number of aromatic nitrogens is 1. The summed E-state index contributed by atoms with van der Waals surface area (Å²) in [6, 6.07) is 6.38. The van der Waals surface area contributed by atoms with Crippen molar-refractivity contribution in [3.8, 4) is 0 Å². The van der Waals surface area contributed by atoms with E-state index in [1.807, 2.05) is 0 Å². The van der Waals surface area contributed by atoms with Gasteiger partial charge in [-0.15, -0.1) is 0 Å². The van der Waals surface area contributed by atoms with Gasteiger partial charge in [0.1, 0.15) is 5.69 Å². The number of rotatable bonds is 2. The molecule has 2 aromatic rings. The van der Waals surface area contributed by atoms with Gasteiger partial charge in [0.15, 0.2) is 0 Å². The van der Waals surface area contributed by atoms with E-state index in [0.717, 1.165) is 12.1 Å². The van der Waals surface area contributed by atoms with Gasteiger partial charge in [-0.25, -0.2) is 4.98 Å². The molecule has 0 atom stereocenters. The first-order chi connectivity index (χ1) is 9.79. The number of hydrogen-bond acceptors (Lipinski definition) is 3. The molecule has 0 bridgehead atoms. The van der Waals surface area contributed by atoms with E-state index in [0.29, 0.717) is 4.47 Å². The lowest BCUT2D eigenvalue weighted by Crippen LogP contribution is -2.16. The maximum absolute atomic E-state index is 12.7. The van der Waals surface area contributed by atoms with Crippen LogP contribution in [0.25, 0.3) is 0 Å². The highest BCUT2D eigenvalue weighted by molar-refractivity contribution is 9.10. The van der Waals surface area contributed by atoms with Crippen LogP contribution in [0.3, 0.4) is 0 Å². The number of alkyl halides is 3. The molecule has 0 radical (unpaired) electrons. The highest BCUT2D eigenvalue weighted by Crippen LogP contribution is 2.35. The molecule has 1 aromatic carbocycles. The zero-order valence-corrected chi connectivity index (χ0v) is 12.0. The van der Waals surface area contributed by atoms with Crippen LogP contribution in [0.1, 0.15) is 16.1 Å². The Kier molecular flexibility index (Phi) is 4.17. The summed E-state index contributed by atoms with van der Waals surface area (Å²) in [5, 5.41) is 2.35. The average molecular weight is 360 g/mol. The molecule has 0 saturated carbocycles. The second kappa shape index (κ2) is 5.72. The van der Waals surface area contributed by atoms with E-state index < -0.39 is 23.3 Å². The van der Waals surface area contributed by atoms with Gasteiger partial charge in [-0.05, 0) is 46.3 Å². The summed E-state index contributed by atoms with van der Waals surface area (Å²) < 4.78 is 38.7. The first-order valence-corrected chi connectivity index (χ1v) is 6.47. The lowest BCUT2D eigenvalue weighted by atomic mass is 10.1. The number of carbonyl (C=O) groups is 1. The molecule has 4 nitrogen and oxygen atoms in total. The maximum atomic E-state index is 12.7.